The van der Waals surface area contributed by atoms with Crippen molar-refractivity contribution in [3.63, 3.8) is 0 Å². The van der Waals surface area contributed by atoms with Crippen LogP contribution in [0.1, 0.15) is 11.5 Å². The summed E-state index contributed by atoms with van der Waals surface area (Å²) in [5.74, 6) is 1.27. The van der Waals surface area contributed by atoms with Gasteiger partial charge in [0, 0.05) is 36.6 Å². The first-order valence-corrected chi connectivity index (χ1v) is 9.42. The molecule has 140 valence electrons. The number of benzene rings is 2. The molecule has 9 heteroatoms. The van der Waals surface area contributed by atoms with Gasteiger partial charge in [-0.25, -0.2) is 4.98 Å². The Hall–Kier alpha value is -3.46. The number of nitro groups is 1. The molecular formula is C19H15N5O3S. The fourth-order valence-electron chi connectivity index (χ4n) is 2.62. The number of rotatable bonds is 7. The Bertz CT molecular complexity index is 1080. The highest BCUT2D eigenvalue weighted by Crippen LogP contribution is 2.25. The van der Waals surface area contributed by atoms with E-state index in [-0.39, 0.29) is 5.69 Å². The molecule has 0 aliphatic heterocycles. The van der Waals surface area contributed by atoms with E-state index in [0.29, 0.717) is 23.1 Å². The monoisotopic (exact) mass is 393 g/mol. The van der Waals surface area contributed by atoms with Gasteiger partial charge in [-0.2, -0.15) is 0 Å². The van der Waals surface area contributed by atoms with E-state index in [1.807, 2.05) is 24.4 Å². The average Bonchev–Trinajstić information content (AvgIpc) is 3.37. The van der Waals surface area contributed by atoms with E-state index >= 15 is 0 Å². The SMILES string of the molecule is O=[N+]([O-])c1ccc(-c2nnc(CSc3nccn3Cc3ccccc3)o2)cc1. The van der Waals surface area contributed by atoms with E-state index in [1.165, 1.54) is 29.5 Å². The van der Waals surface area contributed by atoms with Crippen molar-refractivity contribution < 1.29 is 9.34 Å². The summed E-state index contributed by atoms with van der Waals surface area (Å²) < 4.78 is 7.74. The summed E-state index contributed by atoms with van der Waals surface area (Å²) in [5.41, 5.74) is 1.85. The standard InChI is InChI=1S/C19H15N5O3S/c25-24(26)16-8-6-15(7-9-16)18-22-21-17(27-18)13-28-19-20-10-11-23(19)12-14-4-2-1-3-5-14/h1-11H,12-13H2. The third-order valence-corrected chi connectivity index (χ3v) is 4.98. The highest BCUT2D eigenvalue weighted by molar-refractivity contribution is 7.98. The Morgan fingerprint density at radius 1 is 1.07 bits per heavy atom. The predicted molar refractivity (Wildman–Crippen MR) is 104 cm³/mol. The van der Waals surface area contributed by atoms with Crippen LogP contribution in [0.25, 0.3) is 11.5 Å². The van der Waals surface area contributed by atoms with Crippen LogP contribution in [0.15, 0.2) is 76.6 Å². The van der Waals surface area contributed by atoms with Gasteiger partial charge in [0.2, 0.25) is 11.8 Å². The first-order valence-electron chi connectivity index (χ1n) is 8.44. The minimum Gasteiger partial charge on any atom is -0.420 e. The second-order valence-corrected chi connectivity index (χ2v) is 6.86. The Kier molecular flexibility index (Phi) is 5.16. The van der Waals surface area contributed by atoms with E-state index < -0.39 is 4.92 Å². The molecule has 0 radical (unpaired) electrons. The molecule has 0 saturated carbocycles. The van der Waals surface area contributed by atoms with Crippen molar-refractivity contribution in [2.24, 2.45) is 0 Å². The van der Waals surface area contributed by atoms with Crippen LogP contribution in [-0.4, -0.2) is 24.7 Å². The van der Waals surface area contributed by atoms with Gasteiger partial charge in [-0.3, -0.25) is 10.1 Å². The molecular weight excluding hydrogens is 378 g/mol. The molecule has 8 nitrogen and oxygen atoms in total. The zero-order chi connectivity index (χ0) is 19.3. The number of thioether (sulfide) groups is 1. The van der Waals surface area contributed by atoms with Crippen molar-refractivity contribution in [3.05, 3.63) is 88.6 Å². The zero-order valence-corrected chi connectivity index (χ0v) is 15.5. The molecule has 2 aromatic carbocycles. The number of nitrogens with zero attached hydrogens (tertiary/aromatic N) is 5. The maximum atomic E-state index is 10.7. The van der Waals surface area contributed by atoms with Gasteiger partial charge >= 0.3 is 0 Å². The topological polar surface area (TPSA) is 99.9 Å². The Balaban J connectivity index is 1.41. The molecule has 0 aliphatic carbocycles. The molecule has 2 aromatic heterocycles. The molecule has 4 aromatic rings. The van der Waals surface area contributed by atoms with Gasteiger partial charge in [-0.1, -0.05) is 42.1 Å². The average molecular weight is 393 g/mol. The summed E-state index contributed by atoms with van der Waals surface area (Å²) in [4.78, 5) is 14.7. The number of nitro benzene ring substituents is 1. The lowest BCUT2D eigenvalue weighted by molar-refractivity contribution is -0.384. The largest absolute Gasteiger partial charge is 0.420 e. The normalized spacial score (nSPS) is 10.9. The fraction of sp³-hybridized carbons (Fsp3) is 0.105. The molecule has 0 unspecified atom stereocenters. The number of hydrogen-bond donors (Lipinski definition) is 0. The zero-order valence-electron chi connectivity index (χ0n) is 14.6. The summed E-state index contributed by atoms with van der Waals surface area (Å²) in [6, 6.07) is 16.2. The van der Waals surface area contributed by atoms with E-state index in [4.69, 9.17) is 4.42 Å². The maximum Gasteiger partial charge on any atom is 0.269 e. The van der Waals surface area contributed by atoms with Crippen LogP contribution < -0.4 is 0 Å². The van der Waals surface area contributed by atoms with Crippen molar-refractivity contribution in [1.29, 1.82) is 0 Å². The summed E-state index contributed by atoms with van der Waals surface area (Å²) in [5, 5.41) is 19.7. The second kappa shape index (κ2) is 8.05. The third-order valence-electron chi connectivity index (χ3n) is 3.99. The van der Waals surface area contributed by atoms with Crippen LogP contribution in [0, 0.1) is 10.1 Å². The number of non-ortho nitro benzene ring substituents is 1. The van der Waals surface area contributed by atoms with E-state index in [2.05, 4.69) is 31.9 Å². The lowest BCUT2D eigenvalue weighted by Gasteiger charge is -2.06. The molecule has 28 heavy (non-hydrogen) atoms. The van der Waals surface area contributed by atoms with Gasteiger partial charge in [0.15, 0.2) is 5.16 Å². The van der Waals surface area contributed by atoms with Crippen molar-refractivity contribution in [2.75, 3.05) is 0 Å². The van der Waals surface area contributed by atoms with Gasteiger partial charge in [0.05, 0.1) is 10.7 Å². The highest BCUT2D eigenvalue weighted by Gasteiger charge is 2.13. The summed E-state index contributed by atoms with van der Waals surface area (Å²) in [7, 11) is 0. The number of imidazole rings is 1. The van der Waals surface area contributed by atoms with Gasteiger partial charge in [0.25, 0.3) is 5.69 Å². The minimum absolute atomic E-state index is 0.0179. The van der Waals surface area contributed by atoms with Crippen molar-refractivity contribution in [1.82, 2.24) is 19.7 Å². The predicted octanol–water partition coefficient (Wildman–Crippen LogP) is 4.18. The first-order chi connectivity index (χ1) is 13.7. The van der Waals surface area contributed by atoms with Crippen LogP contribution >= 0.6 is 11.8 Å². The quantitative estimate of drug-likeness (QED) is 0.264. The molecule has 0 N–H and O–H groups in total. The Labute approximate surface area is 164 Å². The van der Waals surface area contributed by atoms with Crippen molar-refractivity contribution >= 4 is 17.4 Å². The Morgan fingerprint density at radius 2 is 1.86 bits per heavy atom. The summed E-state index contributed by atoms with van der Waals surface area (Å²) >= 11 is 1.51. The minimum atomic E-state index is -0.447. The van der Waals surface area contributed by atoms with E-state index in [1.54, 1.807) is 18.3 Å². The molecule has 0 amide bonds. The summed E-state index contributed by atoms with van der Waals surface area (Å²) in [6.07, 6.45) is 3.70. The lowest BCUT2D eigenvalue weighted by Crippen LogP contribution is -2.00. The Morgan fingerprint density at radius 3 is 2.61 bits per heavy atom. The van der Waals surface area contributed by atoms with E-state index in [9.17, 15) is 10.1 Å². The molecule has 0 aliphatic rings. The van der Waals surface area contributed by atoms with Crippen LogP contribution in [0.5, 0.6) is 0 Å². The van der Waals surface area contributed by atoms with Crippen LogP contribution in [0.2, 0.25) is 0 Å². The molecule has 2 heterocycles. The third kappa shape index (κ3) is 4.09. The molecule has 0 saturated heterocycles. The van der Waals surface area contributed by atoms with Gasteiger partial charge < -0.3 is 8.98 Å². The first kappa shape index (κ1) is 17.9. The van der Waals surface area contributed by atoms with Gasteiger partial charge in [-0.05, 0) is 17.7 Å². The molecule has 4 rings (SSSR count). The van der Waals surface area contributed by atoms with Crippen molar-refractivity contribution in [2.45, 2.75) is 17.5 Å². The van der Waals surface area contributed by atoms with E-state index in [0.717, 1.165) is 11.7 Å². The van der Waals surface area contributed by atoms with Gasteiger partial charge in [-0.15, -0.1) is 10.2 Å². The molecule has 0 bridgehead atoms. The fourth-order valence-corrected chi connectivity index (χ4v) is 3.41. The molecule has 0 spiro atoms. The second-order valence-electron chi connectivity index (χ2n) is 5.92. The molecule has 0 fully saturated rings. The van der Waals surface area contributed by atoms with Crippen molar-refractivity contribution in [3.8, 4) is 11.5 Å². The van der Waals surface area contributed by atoms with Crippen LogP contribution in [-0.2, 0) is 12.3 Å². The smallest absolute Gasteiger partial charge is 0.269 e. The van der Waals surface area contributed by atoms with Gasteiger partial charge in [0.1, 0.15) is 0 Å². The highest BCUT2D eigenvalue weighted by atomic mass is 32.2. The summed E-state index contributed by atoms with van der Waals surface area (Å²) in [6.45, 7) is 0.737. The van der Waals surface area contributed by atoms with Crippen LogP contribution in [0.4, 0.5) is 5.69 Å². The molecule has 0 atom stereocenters. The lowest BCUT2D eigenvalue weighted by atomic mass is 10.2. The van der Waals surface area contributed by atoms with Crippen LogP contribution in [0.3, 0.4) is 0 Å². The number of aromatic nitrogens is 4. The maximum absolute atomic E-state index is 10.7. The number of hydrogen-bond acceptors (Lipinski definition) is 7.